The van der Waals surface area contributed by atoms with Gasteiger partial charge in [-0.15, -0.1) is 0 Å². The molecule has 3 aromatic rings. The van der Waals surface area contributed by atoms with E-state index in [1.54, 1.807) is 0 Å². The summed E-state index contributed by atoms with van der Waals surface area (Å²) in [5, 5.41) is 4.50. The van der Waals surface area contributed by atoms with Crippen LogP contribution in [-0.4, -0.2) is 35.2 Å². The lowest BCUT2D eigenvalue weighted by Gasteiger charge is -2.29. The Hall–Kier alpha value is -2.92. The Morgan fingerprint density at radius 2 is 1.72 bits per heavy atom. The van der Waals surface area contributed by atoms with Crippen molar-refractivity contribution in [3.8, 4) is 0 Å². The molecule has 0 saturated carbocycles. The monoisotopic (exact) mass is 388 g/mol. The molecule has 2 aliphatic rings. The molecule has 1 fully saturated rings. The van der Waals surface area contributed by atoms with Crippen LogP contribution in [0.15, 0.2) is 65.2 Å². The van der Waals surface area contributed by atoms with E-state index in [-0.39, 0.29) is 17.9 Å². The summed E-state index contributed by atoms with van der Waals surface area (Å²) in [5.74, 6) is 0.965. The zero-order chi connectivity index (χ0) is 19.6. The molecule has 0 N–H and O–H groups in total. The van der Waals surface area contributed by atoms with Gasteiger partial charge in [0.15, 0.2) is 0 Å². The fourth-order valence-corrected chi connectivity index (χ4v) is 4.42. The summed E-state index contributed by atoms with van der Waals surface area (Å²) < 4.78 is 11.4. The number of nitrogens with zero attached hydrogens (tertiary/aromatic N) is 2. The highest BCUT2D eigenvalue weighted by Gasteiger charge is 2.35. The van der Waals surface area contributed by atoms with Crippen molar-refractivity contribution in [3.63, 3.8) is 0 Å². The van der Waals surface area contributed by atoms with E-state index in [2.05, 4.69) is 29.4 Å². The van der Waals surface area contributed by atoms with Crippen molar-refractivity contribution in [1.29, 1.82) is 0 Å². The van der Waals surface area contributed by atoms with Gasteiger partial charge >= 0.3 is 0 Å². The lowest BCUT2D eigenvalue weighted by Crippen LogP contribution is -2.42. The molecule has 2 aliphatic heterocycles. The smallest absolute Gasteiger partial charge is 0.252 e. The lowest BCUT2D eigenvalue weighted by molar-refractivity contribution is -0.141. The van der Waals surface area contributed by atoms with Crippen LogP contribution in [0.2, 0.25) is 0 Å². The van der Waals surface area contributed by atoms with Crippen molar-refractivity contribution >= 4 is 5.91 Å². The van der Waals surface area contributed by atoms with E-state index in [0.29, 0.717) is 26.1 Å². The molecular formula is C24H24N2O3. The topological polar surface area (TPSA) is 55.6 Å². The Morgan fingerprint density at radius 1 is 1.03 bits per heavy atom. The molecule has 2 aromatic carbocycles. The van der Waals surface area contributed by atoms with E-state index in [9.17, 15) is 4.79 Å². The number of benzene rings is 2. The van der Waals surface area contributed by atoms with Gasteiger partial charge in [0.05, 0.1) is 12.5 Å². The Bertz CT molecular complexity index is 938. The molecule has 5 heteroatoms. The third-order valence-electron chi connectivity index (χ3n) is 5.91. The fourth-order valence-electron chi connectivity index (χ4n) is 4.42. The fraction of sp³-hybridized carbons (Fsp3) is 0.333. The summed E-state index contributed by atoms with van der Waals surface area (Å²) >= 11 is 0. The van der Waals surface area contributed by atoms with Gasteiger partial charge in [0.25, 0.3) is 5.91 Å². The number of hydrogen-bond acceptors (Lipinski definition) is 4. The van der Waals surface area contributed by atoms with Gasteiger partial charge in [-0.3, -0.25) is 4.79 Å². The van der Waals surface area contributed by atoms with Crippen molar-refractivity contribution in [1.82, 2.24) is 10.1 Å². The van der Waals surface area contributed by atoms with E-state index >= 15 is 0 Å². The van der Waals surface area contributed by atoms with E-state index < -0.39 is 0 Å². The summed E-state index contributed by atoms with van der Waals surface area (Å²) in [6, 6.07) is 20.7. The van der Waals surface area contributed by atoms with Crippen LogP contribution in [0.25, 0.3) is 0 Å². The third-order valence-corrected chi connectivity index (χ3v) is 5.91. The molecule has 148 valence electrons. The molecule has 29 heavy (non-hydrogen) atoms. The normalized spacial score (nSPS) is 18.8. The van der Waals surface area contributed by atoms with Crippen LogP contribution in [0.4, 0.5) is 0 Å². The van der Waals surface area contributed by atoms with E-state index in [0.717, 1.165) is 41.0 Å². The standard InChI is InChI=1S/C24H24N2O3/c27-24(21-12-7-15-28-21)26-14-13-20-19(16-26)23(25-29-20)22(17-8-3-1-4-9-17)18-10-5-2-6-11-18/h1-6,8-11,21-22H,7,12-16H2/t21-/m1/s1. The molecule has 0 radical (unpaired) electrons. The average molecular weight is 388 g/mol. The van der Waals surface area contributed by atoms with Gasteiger partial charge in [-0.25, -0.2) is 0 Å². The molecule has 0 spiro atoms. The van der Waals surface area contributed by atoms with Crippen LogP contribution in [0.3, 0.4) is 0 Å². The SMILES string of the molecule is O=C([C@H]1CCCO1)N1CCc2onc(C(c3ccccc3)c3ccccc3)c2C1. The highest BCUT2D eigenvalue weighted by atomic mass is 16.5. The van der Waals surface area contributed by atoms with Crippen LogP contribution in [0, 0.1) is 0 Å². The molecule has 0 aliphatic carbocycles. The summed E-state index contributed by atoms with van der Waals surface area (Å²) in [5.41, 5.74) is 4.28. The maximum atomic E-state index is 12.9. The largest absolute Gasteiger partial charge is 0.368 e. The maximum Gasteiger partial charge on any atom is 0.252 e. The Morgan fingerprint density at radius 3 is 2.34 bits per heavy atom. The molecule has 1 atom stereocenters. The first-order valence-corrected chi connectivity index (χ1v) is 10.3. The van der Waals surface area contributed by atoms with Crippen molar-refractivity contribution < 1.29 is 14.1 Å². The van der Waals surface area contributed by atoms with E-state index in [1.807, 2.05) is 41.3 Å². The van der Waals surface area contributed by atoms with Crippen LogP contribution >= 0.6 is 0 Å². The predicted molar refractivity (Wildman–Crippen MR) is 108 cm³/mol. The quantitative estimate of drug-likeness (QED) is 0.680. The molecule has 5 rings (SSSR count). The first-order valence-electron chi connectivity index (χ1n) is 10.3. The Labute approximate surface area is 170 Å². The highest BCUT2D eigenvalue weighted by Crippen LogP contribution is 2.36. The number of ether oxygens (including phenoxy) is 1. The summed E-state index contributed by atoms with van der Waals surface area (Å²) in [6.07, 6.45) is 2.17. The van der Waals surface area contributed by atoms with E-state index in [1.165, 1.54) is 0 Å². The van der Waals surface area contributed by atoms with Crippen molar-refractivity contribution in [3.05, 3.63) is 88.8 Å². The van der Waals surface area contributed by atoms with Gasteiger partial charge < -0.3 is 14.2 Å². The number of rotatable bonds is 4. The first-order chi connectivity index (χ1) is 14.3. The van der Waals surface area contributed by atoms with Gasteiger partial charge in [-0.05, 0) is 24.0 Å². The second-order valence-corrected chi connectivity index (χ2v) is 7.74. The van der Waals surface area contributed by atoms with E-state index in [4.69, 9.17) is 9.26 Å². The van der Waals surface area contributed by atoms with Gasteiger partial charge in [-0.2, -0.15) is 0 Å². The number of aromatic nitrogens is 1. The number of hydrogen-bond donors (Lipinski definition) is 0. The van der Waals surface area contributed by atoms with Crippen molar-refractivity contribution in [2.45, 2.75) is 37.8 Å². The van der Waals surface area contributed by atoms with Gasteiger partial charge in [0, 0.05) is 25.1 Å². The summed E-state index contributed by atoms with van der Waals surface area (Å²) in [7, 11) is 0. The summed E-state index contributed by atoms with van der Waals surface area (Å²) in [4.78, 5) is 14.8. The highest BCUT2D eigenvalue weighted by molar-refractivity contribution is 5.81. The number of fused-ring (bicyclic) bond motifs is 1. The minimum Gasteiger partial charge on any atom is -0.368 e. The van der Waals surface area contributed by atoms with Crippen LogP contribution in [0.1, 0.15) is 46.9 Å². The minimum absolute atomic E-state index is 0.0253. The van der Waals surface area contributed by atoms with Crippen molar-refractivity contribution in [2.24, 2.45) is 0 Å². The average Bonchev–Trinajstić information content (AvgIpc) is 3.45. The lowest BCUT2D eigenvalue weighted by atomic mass is 9.85. The molecule has 1 saturated heterocycles. The maximum absolute atomic E-state index is 12.9. The molecule has 1 amide bonds. The van der Waals surface area contributed by atoms with Crippen molar-refractivity contribution in [2.75, 3.05) is 13.2 Å². The zero-order valence-electron chi connectivity index (χ0n) is 16.3. The van der Waals surface area contributed by atoms with Gasteiger partial charge in [0.2, 0.25) is 0 Å². The zero-order valence-corrected chi connectivity index (χ0v) is 16.3. The predicted octanol–water partition coefficient (Wildman–Crippen LogP) is 3.92. The molecular weight excluding hydrogens is 364 g/mol. The third kappa shape index (κ3) is 3.47. The molecule has 5 nitrogen and oxygen atoms in total. The second-order valence-electron chi connectivity index (χ2n) is 7.74. The van der Waals surface area contributed by atoms with Crippen LogP contribution in [0.5, 0.6) is 0 Å². The number of carbonyl (C=O) groups is 1. The Balaban J connectivity index is 1.51. The number of carbonyl (C=O) groups excluding carboxylic acids is 1. The van der Waals surface area contributed by atoms with Crippen LogP contribution < -0.4 is 0 Å². The van der Waals surface area contributed by atoms with Gasteiger partial charge in [-0.1, -0.05) is 65.8 Å². The first kappa shape index (κ1) is 18.1. The minimum atomic E-state index is -0.293. The number of amides is 1. The molecule has 0 unspecified atom stereocenters. The molecule has 0 bridgehead atoms. The second kappa shape index (κ2) is 7.84. The van der Waals surface area contributed by atoms with Crippen LogP contribution in [-0.2, 0) is 22.5 Å². The Kier molecular flexibility index (Phi) is 4.90. The van der Waals surface area contributed by atoms with Gasteiger partial charge in [0.1, 0.15) is 17.6 Å². The summed E-state index contributed by atoms with van der Waals surface area (Å²) in [6.45, 7) is 1.86. The molecule has 3 heterocycles. The molecule has 1 aromatic heterocycles.